The summed E-state index contributed by atoms with van der Waals surface area (Å²) in [5.41, 5.74) is 2.79. The third-order valence-corrected chi connectivity index (χ3v) is 4.62. The minimum atomic E-state index is -0.112. The van der Waals surface area contributed by atoms with Crippen LogP contribution in [0.1, 0.15) is 49.5 Å². The monoisotopic (exact) mass is 350 g/mol. The third kappa shape index (κ3) is 4.69. The number of nitrogens with one attached hydrogen (secondary N) is 1. The van der Waals surface area contributed by atoms with E-state index < -0.39 is 0 Å². The van der Waals surface area contributed by atoms with E-state index >= 15 is 0 Å². The first-order valence-corrected chi connectivity index (χ1v) is 9.39. The first kappa shape index (κ1) is 18.1. The number of hydrogen-bond donors (Lipinski definition) is 1. The van der Waals surface area contributed by atoms with Gasteiger partial charge in [-0.05, 0) is 57.2 Å². The van der Waals surface area contributed by atoms with E-state index in [-0.39, 0.29) is 5.91 Å². The number of carbonyl (C=O) groups is 1. The van der Waals surface area contributed by atoms with Gasteiger partial charge in [0.05, 0.1) is 0 Å². The van der Waals surface area contributed by atoms with Crippen LogP contribution in [0.3, 0.4) is 0 Å². The second-order valence-electron chi connectivity index (χ2n) is 6.44. The Kier molecular flexibility index (Phi) is 6.36. The molecule has 0 unspecified atom stereocenters. The molecule has 26 heavy (non-hydrogen) atoms. The highest BCUT2D eigenvalue weighted by Crippen LogP contribution is 2.20. The van der Waals surface area contributed by atoms with Gasteiger partial charge < -0.3 is 10.2 Å². The third-order valence-electron chi connectivity index (χ3n) is 4.62. The fourth-order valence-corrected chi connectivity index (χ4v) is 3.22. The van der Waals surface area contributed by atoms with Gasteiger partial charge in [-0.15, -0.1) is 0 Å². The summed E-state index contributed by atoms with van der Waals surface area (Å²) in [6.07, 6.45) is 9.99. The van der Waals surface area contributed by atoms with E-state index in [0.29, 0.717) is 18.2 Å². The van der Waals surface area contributed by atoms with Crippen LogP contribution in [0.25, 0.3) is 0 Å². The summed E-state index contributed by atoms with van der Waals surface area (Å²) < 4.78 is 0. The van der Waals surface area contributed by atoms with E-state index in [4.69, 9.17) is 0 Å². The molecular weight excluding hydrogens is 324 g/mol. The van der Waals surface area contributed by atoms with Gasteiger partial charge in [-0.3, -0.25) is 4.79 Å². The molecule has 0 aliphatic heterocycles. The maximum atomic E-state index is 12.8. The number of benzene rings is 1. The summed E-state index contributed by atoms with van der Waals surface area (Å²) in [5.74, 6) is 0.399. The van der Waals surface area contributed by atoms with Gasteiger partial charge >= 0.3 is 0 Å². The van der Waals surface area contributed by atoms with Crippen molar-refractivity contribution in [1.82, 2.24) is 9.97 Å². The Bertz CT molecular complexity index is 758. The van der Waals surface area contributed by atoms with E-state index in [9.17, 15) is 4.79 Å². The summed E-state index contributed by atoms with van der Waals surface area (Å²) in [5, 5.41) is 3.25. The van der Waals surface area contributed by atoms with Crippen molar-refractivity contribution >= 4 is 17.5 Å². The van der Waals surface area contributed by atoms with Gasteiger partial charge in [0.1, 0.15) is 5.69 Å². The van der Waals surface area contributed by atoms with Crippen molar-refractivity contribution in [3.63, 3.8) is 0 Å². The molecule has 0 fully saturated rings. The van der Waals surface area contributed by atoms with Crippen molar-refractivity contribution in [2.24, 2.45) is 0 Å². The molecule has 1 amide bonds. The number of rotatable bonds is 7. The van der Waals surface area contributed by atoms with Crippen LogP contribution in [-0.4, -0.2) is 29.0 Å². The van der Waals surface area contributed by atoms with Gasteiger partial charge in [0, 0.05) is 25.0 Å². The molecule has 0 saturated heterocycles. The lowest BCUT2D eigenvalue weighted by Crippen LogP contribution is -2.31. The average Bonchev–Trinajstić information content (AvgIpc) is 2.70. The lowest BCUT2D eigenvalue weighted by Gasteiger charge is -2.20. The largest absolute Gasteiger partial charge is 0.354 e. The normalized spacial score (nSPS) is 13.8. The fraction of sp³-hybridized carbons (Fsp3) is 0.381. The lowest BCUT2D eigenvalue weighted by atomic mass is 9.97. The minimum Gasteiger partial charge on any atom is -0.354 e. The molecular formula is C21H26N4O. The number of nitrogens with zero attached hydrogens (tertiary/aromatic N) is 3. The topological polar surface area (TPSA) is 58.1 Å². The van der Waals surface area contributed by atoms with Crippen LogP contribution in [-0.2, 0) is 0 Å². The van der Waals surface area contributed by atoms with Crippen LogP contribution >= 0.6 is 0 Å². The Hall–Kier alpha value is -2.69. The molecule has 0 saturated carbocycles. The van der Waals surface area contributed by atoms with Crippen LogP contribution in [0.2, 0.25) is 0 Å². The summed E-state index contributed by atoms with van der Waals surface area (Å²) in [6, 6.07) is 11.3. The number of anilines is 2. The predicted molar refractivity (Wildman–Crippen MR) is 105 cm³/mol. The molecule has 0 bridgehead atoms. The Morgan fingerprint density at radius 3 is 2.77 bits per heavy atom. The molecule has 1 aromatic carbocycles. The molecule has 1 aliphatic rings. The zero-order valence-electron chi connectivity index (χ0n) is 15.3. The molecule has 1 heterocycles. The number of allylic oxidation sites excluding steroid dienone is 1. The van der Waals surface area contributed by atoms with E-state index in [2.05, 4.69) is 21.4 Å². The molecule has 2 aromatic rings. The van der Waals surface area contributed by atoms with Gasteiger partial charge in [-0.1, -0.05) is 29.8 Å². The smallest absolute Gasteiger partial charge is 0.277 e. The lowest BCUT2D eigenvalue weighted by molar-refractivity contribution is 0.0983. The Balaban J connectivity index is 1.64. The Morgan fingerprint density at radius 1 is 1.19 bits per heavy atom. The van der Waals surface area contributed by atoms with Crippen molar-refractivity contribution in [1.29, 1.82) is 0 Å². The summed E-state index contributed by atoms with van der Waals surface area (Å²) in [7, 11) is 0. The zero-order chi connectivity index (χ0) is 18.2. The van der Waals surface area contributed by atoms with Crippen LogP contribution in [0.4, 0.5) is 11.6 Å². The molecule has 1 aromatic heterocycles. The molecule has 5 nitrogen and oxygen atoms in total. The maximum Gasteiger partial charge on any atom is 0.277 e. The van der Waals surface area contributed by atoms with Crippen molar-refractivity contribution in [3.05, 3.63) is 59.9 Å². The van der Waals surface area contributed by atoms with Crippen LogP contribution in [0, 0.1) is 0 Å². The van der Waals surface area contributed by atoms with E-state index in [1.165, 1.54) is 31.3 Å². The maximum absolute atomic E-state index is 12.8. The molecule has 0 atom stereocenters. The van der Waals surface area contributed by atoms with E-state index in [1.54, 1.807) is 17.2 Å². The van der Waals surface area contributed by atoms with Crippen molar-refractivity contribution in [2.75, 3.05) is 23.3 Å². The van der Waals surface area contributed by atoms with Crippen LogP contribution in [0.15, 0.2) is 54.2 Å². The number of amides is 1. The standard InChI is InChI=1S/C21H26N4O/c1-2-25(18-11-7-4-8-12-18)20(26)19-14-16-23-21(24-19)22-15-13-17-9-5-3-6-10-17/h4,7-9,11-12,14,16H,2-3,5-6,10,13,15H2,1H3,(H,22,23,24). The van der Waals surface area contributed by atoms with Crippen molar-refractivity contribution < 1.29 is 4.79 Å². The highest BCUT2D eigenvalue weighted by molar-refractivity contribution is 6.04. The van der Waals surface area contributed by atoms with Crippen LogP contribution in [0.5, 0.6) is 0 Å². The number of hydrogen-bond acceptors (Lipinski definition) is 4. The second kappa shape index (κ2) is 9.13. The Morgan fingerprint density at radius 2 is 2.04 bits per heavy atom. The van der Waals surface area contributed by atoms with Gasteiger partial charge in [-0.2, -0.15) is 0 Å². The number of carbonyl (C=O) groups excluding carboxylic acids is 1. The SMILES string of the molecule is CCN(C(=O)c1ccnc(NCCC2=CCCCC2)n1)c1ccccc1. The highest BCUT2D eigenvalue weighted by Gasteiger charge is 2.17. The van der Waals surface area contributed by atoms with Gasteiger partial charge in [-0.25, -0.2) is 9.97 Å². The summed E-state index contributed by atoms with van der Waals surface area (Å²) >= 11 is 0. The van der Waals surface area contributed by atoms with Crippen LogP contribution < -0.4 is 10.2 Å². The molecule has 5 heteroatoms. The molecule has 1 aliphatic carbocycles. The average molecular weight is 350 g/mol. The van der Waals surface area contributed by atoms with Gasteiger partial charge in [0.15, 0.2) is 0 Å². The fourth-order valence-electron chi connectivity index (χ4n) is 3.22. The van der Waals surface area contributed by atoms with Gasteiger partial charge in [0.25, 0.3) is 5.91 Å². The summed E-state index contributed by atoms with van der Waals surface area (Å²) in [6.45, 7) is 3.34. The van der Waals surface area contributed by atoms with Crippen molar-refractivity contribution in [2.45, 2.75) is 39.0 Å². The molecule has 1 N–H and O–H groups in total. The molecule has 0 spiro atoms. The van der Waals surface area contributed by atoms with E-state index in [0.717, 1.165) is 18.7 Å². The Labute approximate surface area is 155 Å². The molecule has 0 radical (unpaired) electrons. The zero-order valence-corrected chi connectivity index (χ0v) is 15.3. The first-order chi connectivity index (χ1) is 12.8. The molecule has 136 valence electrons. The predicted octanol–water partition coefficient (Wildman–Crippen LogP) is 4.45. The number of aromatic nitrogens is 2. The second-order valence-corrected chi connectivity index (χ2v) is 6.44. The molecule has 3 rings (SSSR count). The van der Waals surface area contributed by atoms with Crippen molar-refractivity contribution in [3.8, 4) is 0 Å². The number of para-hydroxylation sites is 1. The van der Waals surface area contributed by atoms with E-state index in [1.807, 2.05) is 37.3 Å². The summed E-state index contributed by atoms with van der Waals surface area (Å²) in [4.78, 5) is 23.2. The first-order valence-electron chi connectivity index (χ1n) is 9.39. The van der Waals surface area contributed by atoms with Gasteiger partial charge in [0.2, 0.25) is 5.95 Å². The quantitative estimate of drug-likeness (QED) is 0.750. The minimum absolute atomic E-state index is 0.112. The highest BCUT2D eigenvalue weighted by atomic mass is 16.2.